The molecule has 0 aliphatic carbocycles. The van der Waals surface area contributed by atoms with Crippen molar-refractivity contribution in [3.8, 4) is 5.75 Å². The summed E-state index contributed by atoms with van der Waals surface area (Å²) < 4.78 is 5.09. The summed E-state index contributed by atoms with van der Waals surface area (Å²) in [5, 5.41) is 2.91. The van der Waals surface area contributed by atoms with Gasteiger partial charge in [-0.3, -0.25) is 4.79 Å². The summed E-state index contributed by atoms with van der Waals surface area (Å²) in [6.45, 7) is 0.525. The lowest BCUT2D eigenvalue weighted by atomic mass is 10.1. The first-order valence-corrected chi connectivity index (χ1v) is 7.28. The zero-order valence-electron chi connectivity index (χ0n) is 11.9. The van der Waals surface area contributed by atoms with Crippen LogP contribution in [-0.2, 0) is 23.6 Å². The van der Waals surface area contributed by atoms with Crippen LogP contribution in [-0.4, -0.2) is 13.0 Å². The van der Waals surface area contributed by atoms with Crippen molar-refractivity contribution in [2.75, 3.05) is 7.11 Å². The standard InChI is InChI=1S/C17H18ClNO2/c1-21-16-8-6-13(7-9-16)10-17(20)19-12-15-4-2-14(11-18)3-5-15/h2-9H,10-12H2,1H3,(H,19,20). The Labute approximate surface area is 129 Å². The van der Waals surface area contributed by atoms with Crippen molar-refractivity contribution in [1.82, 2.24) is 5.32 Å². The van der Waals surface area contributed by atoms with Gasteiger partial charge in [0.05, 0.1) is 13.5 Å². The Hall–Kier alpha value is -2.00. The van der Waals surface area contributed by atoms with Crippen molar-refractivity contribution >= 4 is 17.5 Å². The van der Waals surface area contributed by atoms with Crippen molar-refractivity contribution in [3.63, 3.8) is 0 Å². The molecule has 0 spiro atoms. The minimum atomic E-state index is 0.00147. The van der Waals surface area contributed by atoms with Crippen molar-refractivity contribution in [1.29, 1.82) is 0 Å². The van der Waals surface area contributed by atoms with Gasteiger partial charge in [-0.2, -0.15) is 0 Å². The summed E-state index contributed by atoms with van der Waals surface area (Å²) in [4.78, 5) is 11.9. The van der Waals surface area contributed by atoms with Gasteiger partial charge in [0.25, 0.3) is 0 Å². The summed E-state index contributed by atoms with van der Waals surface area (Å²) in [5.41, 5.74) is 3.10. The summed E-state index contributed by atoms with van der Waals surface area (Å²) in [6.07, 6.45) is 0.365. The predicted octanol–water partition coefficient (Wildman–Crippen LogP) is 3.29. The van der Waals surface area contributed by atoms with E-state index in [2.05, 4.69) is 5.32 Å². The third-order valence-corrected chi connectivity index (χ3v) is 3.50. The number of nitrogens with one attached hydrogen (secondary N) is 1. The van der Waals surface area contributed by atoms with E-state index < -0.39 is 0 Å². The molecule has 0 bridgehead atoms. The molecule has 3 nitrogen and oxygen atoms in total. The molecule has 0 unspecified atom stereocenters. The molecule has 0 aliphatic rings. The molecule has 0 atom stereocenters. The number of carbonyl (C=O) groups is 1. The second kappa shape index (κ2) is 7.70. The molecule has 0 heterocycles. The van der Waals surface area contributed by atoms with Gasteiger partial charge in [-0.05, 0) is 28.8 Å². The van der Waals surface area contributed by atoms with Crippen LogP contribution in [0, 0.1) is 0 Å². The number of benzene rings is 2. The van der Waals surface area contributed by atoms with E-state index in [0.29, 0.717) is 18.8 Å². The van der Waals surface area contributed by atoms with E-state index >= 15 is 0 Å². The zero-order valence-corrected chi connectivity index (χ0v) is 12.7. The first kappa shape index (κ1) is 15.4. The maximum absolute atomic E-state index is 11.9. The minimum absolute atomic E-state index is 0.00147. The Morgan fingerprint density at radius 2 is 1.57 bits per heavy atom. The van der Waals surface area contributed by atoms with Gasteiger partial charge in [-0.15, -0.1) is 11.6 Å². The number of amides is 1. The second-order valence-electron chi connectivity index (χ2n) is 4.75. The largest absolute Gasteiger partial charge is 0.497 e. The van der Waals surface area contributed by atoms with Gasteiger partial charge in [-0.1, -0.05) is 36.4 Å². The summed E-state index contributed by atoms with van der Waals surface area (Å²) in [5.74, 6) is 1.30. The molecule has 0 saturated carbocycles. The fourth-order valence-electron chi connectivity index (χ4n) is 1.94. The molecule has 1 N–H and O–H groups in total. The van der Waals surface area contributed by atoms with Crippen molar-refractivity contribution < 1.29 is 9.53 Å². The number of alkyl halides is 1. The molecule has 2 aromatic carbocycles. The van der Waals surface area contributed by atoms with Crippen LogP contribution >= 0.6 is 11.6 Å². The van der Waals surface area contributed by atoms with E-state index in [-0.39, 0.29) is 5.91 Å². The normalized spacial score (nSPS) is 10.2. The van der Waals surface area contributed by atoms with Gasteiger partial charge in [0.15, 0.2) is 0 Å². The molecular formula is C17H18ClNO2. The highest BCUT2D eigenvalue weighted by Crippen LogP contribution is 2.12. The monoisotopic (exact) mass is 303 g/mol. The fourth-order valence-corrected chi connectivity index (χ4v) is 2.12. The highest BCUT2D eigenvalue weighted by Gasteiger charge is 2.04. The summed E-state index contributed by atoms with van der Waals surface area (Å²) in [7, 11) is 1.62. The average Bonchev–Trinajstić information content (AvgIpc) is 2.54. The van der Waals surface area contributed by atoms with Crippen molar-refractivity contribution in [3.05, 3.63) is 65.2 Å². The maximum Gasteiger partial charge on any atom is 0.224 e. The summed E-state index contributed by atoms with van der Waals surface area (Å²) >= 11 is 5.74. The van der Waals surface area contributed by atoms with Gasteiger partial charge in [0.2, 0.25) is 5.91 Å². The smallest absolute Gasteiger partial charge is 0.224 e. The van der Waals surface area contributed by atoms with Crippen LogP contribution in [0.15, 0.2) is 48.5 Å². The van der Waals surface area contributed by atoms with E-state index in [1.807, 2.05) is 48.5 Å². The third kappa shape index (κ3) is 4.80. The lowest BCUT2D eigenvalue weighted by Gasteiger charge is -2.07. The van der Waals surface area contributed by atoms with Gasteiger partial charge in [0.1, 0.15) is 5.75 Å². The third-order valence-electron chi connectivity index (χ3n) is 3.19. The van der Waals surface area contributed by atoms with Gasteiger partial charge < -0.3 is 10.1 Å². The summed E-state index contributed by atoms with van der Waals surface area (Å²) in [6, 6.07) is 15.4. The maximum atomic E-state index is 11.9. The van der Waals surface area contributed by atoms with Crippen molar-refractivity contribution in [2.45, 2.75) is 18.8 Å². The fraction of sp³-hybridized carbons (Fsp3) is 0.235. The number of ether oxygens (including phenoxy) is 1. The van der Waals surface area contributed by atoms with Crippen LogP contribution in [0.4, 0.5) is 0 Å². The number of hydrogen-bond acceptors (Lipinski definition) is 2. The Morgan fingerprint density at radius 1 is 1.00 bits per heavy atom. The number of carbonyl (C=O) groups excluding carboxylic acids is 1. The van der Waals surface area contributed by atoms with Crippen molar-refractivity contribution in [2.24, 2.45) is 0 Å². The van der Waals surface area contributed by atoms with E-state index in [9.17, 15) is 4.79 Å². The van der Waals surface area contributed by atoms with Gasteiger partial charge in [0, 0.05) is 12.4 Å². The molecule has 2 rings (SSSR count). The molecule has 0 radical (unpaired) electrons. The SMILES string of the molecule is COc1ccc(CC(=O)NCc2ccc(CCl)cc2)cc1. The van der Waals surface area contributed by atoms with Crippen LogP contribution in [0.3, 0.4) is 0 Å². The van der Waals surface area contributed by atoms with E-state index in [4.69, 9.17) is 16.3 Å². The molecule has 0 aliphatic heterocycles. The first-order chi connectivity index (χ1) is 10.2. The molecule has 0 fully saturated rings. The Kier molecular flexibility index (Phi) is 5.64. The van der Waals surface area contributed by atoms with Crippen LogP contribution in [0.5, 0.6) is 5.75 Å². The molecule has 21 heavy (non-hydrogen) atoms. The quantitative estimate of drug-likeness (QED) is 0.832. The van der Waals surface area contributed by atoms with Crippen LogP contribution in [0.2, 0.25) is 0 Å². The van der Waals surface area contributed by atoms with E-state index in [1.54, 1.807) is 7.11 Å². The first-order valence-electron chi connectivity index (χ1n) is 6.74. The number of hydrogen-bond donors (Lipinski definition) is 1. The number of methoxy groups -OCH3 is 1. The topological polar surface area (TPSA) is 38.3 Å². The average molecular weight is 304 g/mol. The van der Waals surface area contributed by atoms with Crippen LogP contribution in [0.25, 0.3) is 0 Å². The lowest BCUT2D eigenvalue weighted by Crippen LogP contribution is -2.24. The Bertz CT molecular complexity index is 579. The molecule has 0 aromatic heterocycles. The highest BCUT2D eigenvalue weighted by atomic mass is 35.5. The Balaban J connectivity index is 1.83. The minimum Gasteiger partial charge on any atom is -0.497 e. The number of rotatable bonds is 6. The molecule has 0 saturated heterocycles. The number of halogens is 1. The second-order valence-corrected chi connectivity index (χ2v) is 5.02. The van der Waals surface area contributed by atoms with Crippen LogP contribution < -0.4 is 10.1 Å². The zero-order chi connectivity index (χ0) is 15.1. The van der Waals surface area contributed by atoms with Gasteiger partial charge >= 0.3 is 0 Å². The molecule has 1 amide bonds. The highest BCUT2D eigenvalue weighted by molar-refractivity contribution is 6.17. The molecular weight excluding hydrogens is 286 g/mol. The molecule has 4 heteroatoms. The molecule has 2 aromatic rings. The van der Waals surface area contributed by atoms with Crippen LogP contribution in [0.1, 0.15) is 16.7 Å². The molecule has 110 valence electrons. The Morgan fingerprint density at radius 3 is 2.14 bits per heavy atom. The lowest BCUT2D eigenvalue weighted by molar-refractivity contribution is -0.120. The van der Waals surface area contributed by atoms with E-state index in [1.165, 1.54) is 0 Å². The van der Waals surface area contributed by atoms with E-state index in [0.717, 1.165) is 22.4 Å². The predicted molar refractivity (Wildman–Crippen MR) is 84.5 cm³/mol. The van der Waals surface area contributed by atoms with Gasteiger partial charge in [-0.25, -0.2) is 0 Å².